The molecule has 0 aromatic heterocycles. The molecule has 1 saturated heterocycles. The van der Waals surface area contributed by atoms with Gasteiger partial charge in [0.1, 0.15) is 0 Å². The van der Waals surface area contributed by atoms with E-state index < -0.39 is 0 Å². The van der Waals surface area contributed by atoms with E-state index in [2.05, 4.69) is 23.6 Å². The van der Waals surface area contributed by atoms with Crippen LogP contribution in [-0.2, 0) is 9.47 Å². The highest BCUT2D eigenvalue weighted by Crippen LogP contribution is 2.28. The Hall–Kier alpha value is -0.200. The Bertz CT molecular complexity index is 258. The fraction of sp³-hybridized carbons (Fsp3) is 1.00. The van der Waals surface area contributed by atoms with Crippen molar-refractivity contribution in [1.29, 1.82) is 0 Å². The van der Waals surface area contributed by atoms with E-state index in [1.807, 2.05) is 0 Å². The molecule has 0 spiro atoms. The highest BCUT2D eigenvalue weighted by atomic mass is 16.5. The SMILES string of the molecule is COCCN(CCOC)C1(CN)CCN(CC(C)C)CC1. The molecule has 0 aromatic rings. The minimum atomic E-state index is 0.116. The zero-order chi connectivity index (χ0) is 15.7. The van der Waals surface area contributed by atoms with Crippen molar-refractivity contribution in [3.63, 3.8) is 0 Å². The van der Waals surface area contributed by atoms with Gasteiger partial charge in [0.15, 0.2) is 0 Å². The Morgan fingerprint density at radius 2 is 1.62 bits per heavy atom. The van der Waals surface area contributed by atoms with Gasteiger partial charge in [0.2, 0.25) is 0 Å². The second kappa shape index (κ2) is 9.74. The number of nitrogens with zero attached hydrogens (tertiary/aromatic N) is 2. The molecule has 0 atom stereocenters. The van der Waals surface area contributed by atoms with E-state index in [0.29, 0.717) is 0 Å². The molecule has 1 heterocycles. The van der Waals surface area contributed by atoms with Gasteiger partial charge in [0, 0.05) is 45.9 Å². The highest BCUT2D eigenvalue weighted by Gasteiger charge is 2.38. The van der Waals surface area contributed by atoms with Gasteiger partial charge in [0.05, 0.1) is 13.2 Å². The minimum absolute atomic E-state index is 0.116. The number of hydrogen-bond acceptors (Lipinski definition) is 5. The third-order valence-electron chi connectivity index (χ3n) is 4.59. The number of methoxy groups -OCH3 is 2. The average molecular weight is 301 g/mol. The molecule has 0 aromatic carbocycles. The van der Waals surface area contributed by atoms with Crippen molar-refractivity contribution in [3.8, 4) is 0 Å². The molecule has 0 amide bonds. The van der Waals surface area contributed by atoms with E-state index in [1.165, 1.54) is 6.54 Å². The molecule has 5 nitrogen and oxygen atoms in total. The lowest BCUT2D eigenvalue weighted by Gasteiger charge is -2.48. The first kappa shape index (κ1) is 18.8. The van der Waals surface area contributed by atoms with Crippen molar-refractivity contribution >= 4 is 0 Å². The summed E-state index contributed by atoms with van der Waals surface area (Å²) in [7, 11) is 3.52. The van der Waals surface area contributed by atoms with Crippen LogP contribution in [0.15, 0.2) is 0 Å². The number of hydrogen-bond donors (Lipinski definition) is 1. The van der Waals surface area contributed by atoms with Gasteiger partial charge < -0.3 is 20.1 Å². The molecule has 2 N–H and O–H groups in total. The van der Waals surface area contributed by atoms with Crippen molar-refractivity contribution in [2.75, 3.05) is 66.7 Å². The van der Waals surface area contributed by atoms with Gasteiger partial charge in [-0.05, 0) is 31.8 Å². The summed E-state index contributed by atoms with van der Waals surface area (Å²) in [6.07, 6.45) is 2.29. The highest BCUT2D eigenvalue weighted by molar-refractivity contribution is 4.96. The summed E-state index contributed by atoms with van der Waals surface area (Å²) in [6, 6.07) is 0. The molecule has 126 valence electrons. The van der Waals surface area contributed by atoms with E-state index >= 15 is 0 Å². The Balaban J connectivity index is 2.63. The molecule has 5 heteroatoms. The van der Waals surface area contributed by atoms with Crippen LogP contribution < -0.4 is 5.73 Å². The Labute approximate surface area is 130 Å². The second-order valence-electron chi connectivity index (χ2n) is 6.60. The van der Waals surface area contributed by atoms with Crippen LogP contribution in [0.2, 0.25) is 0 Å². The normalized spacial score (nSPS) is 19.6. The molecule has 0 saturated carbocycles. The van der Waals surface area contributed by atoms with Crippen molar-refractivity contribution < 1.29 is 9.47 Å². The fourth-order valence-corrected chi connectivity index (χ4v) is 3.31. The van der Waals surface area contributed by atoms with Gasteiger partial charge in [0.25, 0.3) is 0 Å². The molecule has 21 heavy (non-hydrogen) atoms. The van der Waals surface area contributed by atoms with E-state index in [4.69, 9.17) is 15.2 Å². The fourth-order valence-electron chi connectivity index (χ4n) is 3.31. The van der Waals surface area contributed by atoms with Gasteiger partial charge in [-0.1, -0.05) is 13.8 Å². The monoisotopic (exact) mass is 301 g/mol. The number of ether oxygens (including phenoxy) is 2. The van der Waals surface area contributed by atoms with Crippen LogP contribution in [0.1, 0.15) is 26.7 Å². The predicted octanol–water partition coefficient (Wildman–Crippen LogP) is 1.03. The molecule has 1 fully saturated rings. The first-order valence-electron chi connectivity index (χ1n) is 8.23. The van der Waals surface area contributed by atoms with Crippen molar-refractivity contribution in [2.24, 2.45) is 11.7 Å². The third kappa shape index (κ3) is 5.83. The van der Waals surface area contributed by atoms with Gasteiger partial charge in [-0.3, -0.25) is 4.90 Å². The first-order valence-corrected chi connectivity index (χ1v) is 8.23. The molecular weight excluding hydrogens is 266 g/mol. The average Bonchev–Trinajstić information content (AvgIpc) is 2.48. The number of likely N-dealkylation sites (tertiary alicyclic amines) is 1. The Kier molecular flexibility index (Phi) is 8.74. The molecule has 1 aliphatic heterocycles. The van der Waals surface area contributed by atoms with Gasteiger partial charge in [-0.2, -0.15) is 0 Å². The summed E-state index contributed by atoms with van der Waals surface area (Å²) >= 11 is 0. The first-order chi connectivity index (χ1) is 10.1. The van der Waals surface area contributed by atoms with Gasteiger partial charge in [-0.15, -0.1) is 0 Å². The number of rotatable bonds is 10. The summed E-state index contributed by atoms with van der Waals surface area (Å²) < 4.78 is 10.5. The van der Waals surface area contributed by atoms with E-state index in [9.17, 15) is 0 Å². The number of piperidine rings is 1. The van der Waals surface area contributed by atoms with Crippen molar-refractivity contribution in [3.05, 3.63) is 0 Å². The van der Waals surface area contributed by atoms with Crippen LogP contribution in [0.5, 0.6) is 0 Å². The standard InChI is InChI=1S/C16H35N3O2/c1-15(2)13-18-7-5-16(14-17,6-8-18)19(9-11-20-3)10-12-21-4/h15H,5-14,17H2,1-4H3. The van der Waals surface area contributed by atoms with E-state index in [0.717, 1.165) is 64.7 Å². The molecule has 0 radical (unpaired) electrons. The van der Waals surface area contributed by atoms with Crippen molar-refractivity contribution in [1.82, 2.24) is 9.80 Å². The summed E-state index contributed by atoms with van der Waals surface area (Å²) in [5.74, 6) is 0.730. The lowest BCUT2D eigenvalue weighted by molar-refractivity contribution is -0.00445. The van der Waals surface area contributed by atoms with Crippen LogP contribution in [0, 0.1) is 5.92 Å². The van der Waals surface area contributed by atoms with Crippen LogP contribution in [0.3, 0.4) is 0 Å². The molecule has 0 bridgehead atoms. The molecule has 1 aliphatic rings. The summed E-state index contributed by atoms with van der Waals surface area (Å²) in [5, 5.41) is 0. The van der Waals surface area contributed by atoms with E-state index in [1.54, 1.807) is 14.2 Å². The quantitative estimate of drug-likeness (QED) is 0.653. The van der Waals surface area contributed by atoms with Crippen LogP contribution in [0.4, 0.5) is 0 Å². The maximum atomic E-state index is 6.19. The van der Waals surface area contributed by atoms with Crippen LogP contribution >= 0.6 is 0 Å². The molecular formula is C16H35N3O2. The minimum Gasteiger partial charge on any atom is -0.383 e. The molecule has 1 rings (SSSR count). The predicted molar refractivity (Wildman–Crippen MR) is 87.6 cm³/mol. The smallest absolute Gasteiger partial charge is 0.0589 e. The van der Waals surface area contributed by atoms with Crippen LogP contribution in [0.25, 0.3) is 0 Å². The number of nitrogens with two attached hydrogens (primary N) is 1. The lowest BCUT2D eigenvalue weighted by Crippen LogP contribution is -2.60. The maximum Gasteiger partial charge on any atom is 0.0589 e. The maximum absolute atomic E-state index is 6.19. The van der Waals surface area contributed by atoms with E-state index in [-0.39, 0.29) is 5.54 Å². The Morgan fingerprint density at radius 1 is 1.10 bits per heavy atom. The lowest BCUT2D eigenvalue weighted by atomic mass is 9.85. The largest absolute Gasteiger partial charge is 0.383 e. The Morgan fingerprint density at radius 3 is 2.00 bits per heavy atom. The summed E-state index contributed by atoms with van der Waals surface area (Å²) in [6.45, 7) is 12.1. The summed E-state index contributed by atoms with van der Waals surface area (Å²) in [5.41, 5.74) is 6.30. The zero-order valence-electron chi connectivity index (χ0n) is 14.4. The van der Waals surface area contributed by atoms with Gasteiger partial charge in [-0.25, -0.2) is 0 Å². The second-order valence-corrected chi connectivity index (χ2v) is 6.60. The van der Waals surface area contributed by atoms with Crippen molar-refractivity contribution in [2.45, 2.75) is 32.2 Å². The van der Waals surface area contributed by atoms with Gasteiger partial charge >= 0.3 is 0 Å². The molecule has 0 unspecified atom stereocenters. The molecule has 0 aliphatic carbocycles. The topological polar surface area (TPSA) is 51.0 Å². The van der Waals surface area contributed by atoms with Crippen LogP contribution in [-0.4, -0.2) is 82.0 Å². The zero-order valence-corrected chi connectivity index (χ0v) is 14.4. The third-order valence-corrected chi connectivity index (χ3v) is 4.59. The summed E-state index contributed by atoms with van der Waals surface area (Å²) in [4.78, 5) is 5.07.